The summed E-state index contributed by atoms with van der Waals surface area (Å²) in [6.45, 7) is 9.11. The van der Waals surface area contributed by atoms with Crippen LogP contribution in [0.2, 0.25) is 0 Å². The molecule has 0 aliphatic heterocycles. The molecule has 134 valence electrons. The van der Waals surface area contributed by atoms with Crippen molar-refractivity contribution in [2.75, 3.05) is 6.61 Å². The van der Waals surface area contributed by atoms with Gasteiger partial charge in [-0.1, -0.05) is 37.3 Å². The van der Waals surface area contributed by atoms with Crippen molar-refractivity contribution in [1.82, 2.24) is 4.57 Å². The zero-order valence-corrected chi connectivity index (χ0v) is 16.0. The van der Waals surface area contributed by atoms with E-state index in [-0.39, 0.29) is 0 Å². The lowest BCUT2D eigenvalue weighted by Gasteiger charge is -2.13. The SMILES string of the molecule is CCOc1ccccc1N=Cc1cc(C)n(-c2ccccc2CC)c1C. The van der Waals surface area contributed by atoms with Crippen LogP contribution >= 0.6 is 0 Å². The minimum Gasteiger partial charge on any atom is -0.492 e. The van der Waals surface area contributed by atoms with Gasteiger partial charge >= 0.3 is 0 Å². The number of para-hydroxylation sites is 3. The van der Waals surface area contributed by atoms with E-state index in [1.165, 1.54) is 22.6 Å². The van der Waals surface area contributed by atoms with Crippen molar-refractivity contribution in [1.29, 1.82) is 0 Å². The number of ether oxygens (including phenoxy) is 1. The van der Waals surface area contributed by atoms with E-state index in [0.29, 0.717) is 6.61 Å². The molecule has 0 saturated heterocycles. The van der Waals surface area contributed by atoms with Gasteiger partial charge in [0.2, 0.25) is 0 Å². The average molecular weight is 346 g/mol. The molecule has 0 fully saturated rings. The molecule has 3 aromatic rings. The van der Waals surface area contributed by atoms with Crippen LogP contribution in [0.5, 0.6) is 5.75 Å². The first kappa shape index (κ1) is 18.0. The maximum absolute atomic E-state index is 5.67. The van der Waals surface area contributed by atoms with Crippen molar-refractivity contribution in [3.63, 3.8) is 0 Å². The molecule has 0 aliphatic rings. The predicted octanol–water partition coefficient (Wildman–Crippen LogP) is 5.81. The summed E-state index contributed by atoms with van der Waals surface area (Å²) in [6.07, 6.45) is 2.95. The summed E-state index contributed by atoms with van der Waals surface area (Å²) in [6, 6.07) is 18.7. The highest BCUT2D eigenvalue weighted by atomic mass is 16.5. The topological polar surface area (TPSA) is 26.5 Å². The van der Waals surface area contributed by atoms with Crippen LogP contribution in [0.15, 0.2) is 59.6 Å². The Kier molecular flexibility index (Phi) is 5.57. The quantitative estimate of drug-likeness (QED) is 0.518. The van der Waals surface area contributed by atoms with Crippen molar-refractivity contribution in [2.24, 2.45) is 4.99 Å². The van der Waals surface area contributed by atoms with Gasteiger partial charge in [-0.2, -0.15) is 0 Å². The van der Waals surface area contributed by atoms with Gasteiger partial charge in [-0.05, 0) is 57.0 Å². The highest BCUT2D eigenvalue weighted by molar-refractivity contribution is 5.85. The van der Waals surface area contributed by atoms with E-state index >= 15 is 0 Å². The van der Waals surface area contributed by atoms with E-state index in [1.807, 2.05) is 37.4 Å². The molecule has 0 N–H and O–H groups in total. The molecule has 0 unspecified atom stereocenters. The van der Waals surface area contributed by atoms with Crippen LogP contribution in [-0.2, 0) is 6.42 Å². The summed E-state index contributed by atoms with van der Waals surface area (Å²) in [5.41, 5.74) is 6.98. The first-order valence-corrected chi connectivity index (χ1v) is 9.18. The minimum absolute atomic E-state index is 0.634. The molecule has 0 spiro atoms. The lowest BCUT2D eigenvalue weighted by Crippen LogP contribution is -2.03. The first-order chi connectivity index (χ1) is 12.7. The van der Waals surface area contributed by atoms with Gasteiger partial charge in [0.15, 0.2) is 0 Å². The van der Waals surface area contributed by atoms with Gasteiger partial charge < -0.3 is 9.30 Å². The first-order valence-electron chi connectivity index (χ1n) is 9.18. The molecule has 2 aromatic carbocycles. The number of hydrogen-bond acceptors (Lipinski definition) is 2. The van der Waals surface area contributed by atoms with E-state index in [4.69, 9.17) is 4.74 Å². The number of aliphatic imine (C=N–C) groups is 1. The van der Waals surface area contributed by atoms with E-state index in [1.54, 1.807) is 0 Å². The van der Waals surface area contributed by atoms with Gasteiger partial charge in [0.1, 0.15) is 11.4 Å². The molecule has 0 saturated carbocycles. The Labute approximate surface area is 156 Å². The Morgan fingerprint density at radius 1 is 1.00 bits per heavy atom. The smallest absolute Gasteiger partial charge is 0.144 e. The molecule has 1 heterocycles. The predicted molar refractivity (Wildman–Crippen MR) is 109 cm³/mol. The molecule has 26 heavy (non-hydrogen) atoms. The largest absolute Gasteiger partial charge is 0.492 e. The molecule has 0 atom stereocenters. The second-order valence-corrected chi connectivity index (χ2v) is 6.30. The fourth-order valence-electron chi connectivity index (χ4n) is 3.30. The van der Waals surface area contributed by atoms with Crippen molar-refractivity contribution >= 4 is 11.9 Å². The Bertz CT molecular complexity index is 922. The molecule has 0 bridgehead atoms. The van der Waals surface area contributed by atoms with E-state index in [9.17, 15) is 0 Å². The molecule has 1 aromatic heterocycles. The third-order valence-corrected chi connectivity index (χ3v) is 4.59. The third-order valence-electron chi connectivity index (χ3n) is 4.59. The highest BCUT2D eigenvalue weighted by Crippen LogP contribution is 2.28. The summed E-state index contributed by atoms with van der Waals surface area (Å²) in [7, 11) is 0. The Hall–Kier alpha value is -2.81. The monoisotopic (exact) mass is 346 g/mol. The zero-order chi connectivity index (χ0) is 18.5. The molecule has 3 heteroatoms. The molecule has 0 radical (unpaired) electrons. The second-order valence-electron chi connectivity index (χ2n) is 6.30. The Balaban J connectivity index is 1.99. The Morgan fingerprint density at radius 2 is 1.73 bits per heavy atom. The standard InChI is InChI=1S/C23H26N2O/c1-5-19-11-7-9-13-22(19)25-17(3)15-20(18(25)4)16-24-21-12-8-10-14-23(21)26-6-2/h7-16H,5-6H2,1-4H3. The molecule has 3 nitrogen and oxygen atoms in total. The fourth-order valence-corrected chi connectivity index (χ4v) is 3.30. The Morgan fingerprint density at radius 3 is 2.50 bits per heavy atom. The van der Waals surface area contributed by atoms with Crippen LogP contribution in [0.1, 0.15) is 36.4 Å². The maximum atomic E-state index is 5.67. The number of benzene rings is 2. The van der Waals surface area contributed by atoms with Crippen molar-refractivity contribution < 1.29 is 4.74 Å². The van der Waals surface area contributed by atoms with E-state index in [0.717, 1.165) is 23.4 Å². The van der Waals surface area contributed by atoms with Crippen molar-refractivity contribution in [2.45, 2.75) is 34.1 Å². The number of hydrogen-bond donors (Lipinski definition) is 0. The van der Waals surface area contributed by atoms with Crippen LogP contribution in [0.4, 0.5) is 5.69 Å². The fraction of sp³-hybridized carbons (Fsp3) is 0.261. The van der Waals surface area contributed by atoms with Crippen LogP contribution < -0.4 is 4.74 Å². The number of nitrogens with zero attached hydrogens (tertiary/aromatic N) is 2. The van der Waals surface area contributed by atoms with Gasteiger partial charge in [0.05, 0.1) is 6.61 Å². The second kappa shape index (κ2) is 8.05. The summed E-state index contributed by atoms with van der Waals surface area (Å²) < 4.78 is 7.98. The zero-order valence-electron chi connectivity index (χ0n) is 16.0. The van der Waals surface area contributed by atoms with Gasteiger partial charge in [0.25, 0.3) is 0 Å². The molecule has 0 amide bonds. The van der Waals surface area contributed by atoms with E-state index in [2.05, 4.69) is 60.7 Å². The van der Waals surface area contributed by atoms with Gasteiger partial charge in [-0.15, -0.1) is 0 Å². The van der Waals surface area contributed by atoms with Crippen LogP contribution in [0.25, 0.3) is 5.69 Å². The van der Waals surface area contributed by atoms with Crippen LogP contribution in [-0.4, -0.2) is 17.4 Å². The summed E-state index contributed by atoms with van der Waals surface area (Å²) in [4.78, 5) is 4.68. The summed E-state index contributed by atoms with van der Waals surface area (Å²) >= 11 is 0. The van der Waals surface area contributed by atoms with Crippen LogP contribution in [0, 0.1) is 13.8 Å². The van der Waals surface area contributed by atoms with Crippen molar-refractivity contribution in [3.05, 3.63) is 77.1 Å². The minimum atomic E-state index is 0.634. The number of aromatic nitrogens is 1. The van der Waals surface area contributed by atoms with Gasteiger partial charge in [-0.25, -0.2) is 0 Å². The lowest BCUT2D eigenvalue weighted by molar-refractivity contribution is 0.341. The maximum Gasteiger partial charge on any atom is 0.144 e. The molecule has 3 rings (SSSR count). The molecular weight excluding hydrogens is 320 g/mol. The highest BCUT2D eigenvalue weighted by Gasteiger charge is 2.12. The van der Waals surface area contributed by atoms with Crippen molar-refractivity contribution in [3.8, 4) is 11.4 Å². The normalized spacial score (nSPS) is 11.2. The third kappa shape index (κ3) is 3.57. The molecular formula is C23H26N2O. The van der Waals surface area contributed by atoms with Crippen LogP contribution in [0.3, 0.4) is 0 Å². The summed E-state index contributed by atoms with van der Waals surface area (Å²) in [5.74, 6) is 0.816. The van der Waals surface area contributed by atoms with Gasteiger partial charge in [-0.3, -0.25) is 4.99 Å². The number of rotatable bonds is 6. The molecule has 0 aliphatic carbocycles. The number of aryl methyl sites for hydroxylation is 2. The summed E-state index contributed by atoms with van der Waals surface area (Å²) in [5, 5.41) is 0. The van der Waals surface area contributed by atoms with Gasteiger partial charge in [0, 0.05) is 28.9 Å². The van der Waals surface area contributed by atoms with E-state index < -0.39 is 0 Å². The average Bonchev–Trinajstić information content (AvgIpc) is 2.94. The lowest BCUT2D eigenvalue weighted by atomic mass is 10.1.